The molecule has 4 aromatic rings. The van der Waals surface area contributed by atoms with Crippen molar-refractivity contribution in [1.82, 2.24) is 19.1 Å². The van der Waals surface area contributed by atoms with Gasteiger partial charge < -0.3 is 14.5 Å². The van der Waals surface area contributed by atoms with Gasteiger partial charge in [-0.05, 0) is 38.1 Å². The van der Waals surface area contributed by atoms with E-state index in [1.807, 2.05) is 48.9 Å². The van der Waals surface area contributed by atoms with Gasteiger partial charge in [0.25, 0.3) is 5.91 Å². The Kier molecular flexibility index (Phi) is 4.86. The summed E-state index contributed by atoms with van der Waals surface area (Å²) >= 11 is 1.74. The zero-order chi connectivity index (χ0) is 21.5. The van der Waals surface area contributed by atoms with Gasteiger partial charge in [0.2, 0.25) is 5.43 Å². The van der Waals surface area contributed by atoms with E-state index in [2.05, 4.69) is 19.9 Å². The minimum atomic E-state index is -0.435. The Morgan fingerprint density at radius 2 is 2.06 bits per heavy atom. The second-order valence-corrected chi connectivity index (χ2v) is 8.53. The van der Waals surface area contributed by atoms with Gasteiger partial charge in [-0.15, -0.1) is 0 Å². The van der Waals surface area contributed by atoms with Crippen LogP contribution in [0.1, 0.15) is 23.0 Å². The zero-order valence-corrected chi connectivity index (χ0v) is 18.1. The molecule has 3 aromatic heterocycles. The molecule has 0 aliphatic carbocycles. The van der Waals surface area contributed by atoms with E-state index in [0.29, 0.717) is 23.3 Å². The summed E-state index contributed by atoms with van der Waals surface area (Å²) in [6.45, 7) is 5.40. The van der Waals surface area contributed by atoms with Gasteiger partial charge >= 0.3 is 0 Å². The molecule has 0 spiro atoms. The first-order chi connectivity index (χ1) is 15.0. The Morgan fingerprint density at radius 3 is 2.87 bits per heavy atom. The van der Waals surface area contributed by atoms with Crippen molar-refractivity contribution in [2.24, 2.45) is 0 Å². The SMILES string of the molecule is CCn1cc(C(=O)Nc2cccc(-c3cn4c(n3)SCC4)c2)c(=O)c2ccc(C)nc21. The standard InChI is InChI=1S/C23H21N5O2S/c1-3-27-12-18(20(29)17-8-7-14(2)24-21(17)27)22(30)25-16-6-4-5-15(11-16)19-13-28-9-10-31-23(28)26-19/h4-8,11-13H,3,9-10H2,1-2H3,(H,25,30). The third-order valence-corrected chi connectivity index (χ3v) is 6.34. The minimum absolute atomic E-state index is 0.0998. The Hall–Kier alpha value is -3.39. The molecule has 8 heteroatoms. The molecule has 31 heavy (non-hydrogen) atoms. The molecule has 0 saturated carbocycles. The van der Waals surface area contributed by atoms with Gasteiger partial charge in [-0.25, -0.2) is 9.97 Å². The molecule has 0 radical (unpaired) electrons. The topological polar surface area (TPSA) is 81.8 Å². The second-order valence-electron chi connectivity index (χ2n) is 7.47. The lowest BCUT2D eigenvalue weighted by molar-refractivity contribution is 0.102. The molecule has 4 heterocycles. The van der Waals surface area contributed by atoms with Gasteiger partial charge in [0, 0.05) is 48.2 Å². The fourth-order valence-electron chi connectivity index (χ4n) is 3.77. The predicted molar refractivity (Wildman–Crippen MR) is 123 cm³/mol. The Balaban J connectivity index is 1.48. The van der Waals surface area contributed by atoms with E-state index in [1.165, 1.54) is 0 Å². The number of aryl methyl sites for hydroxylation is 3. The van der Waals surface area contributed by atoms with Crippen LogP contribution in [-0.2, 0) is 13.1 Å². The summed E-state index contributed by atoms with van der Waals surface area (Å²) in [5, 5.41) is 4.34. The zero-order valence-electron chi connectivity index (χ0n) is 17.3. The molecule has 0 fully saturated rings. The molecule has 7 nitrogen and oxygen atoms in total. The van der Waals surface area contributed by atoms with Gasteiger partial charge in [0.05, 0.1) is 11.1 Å². The van der Waals surface area contributed by atoms with Crippen LogP contribution in [0.5, 0.6) is 0 Å². The average molecular weight is 432 g/mol. The van der Waals surface area contributed by atoms with Crippen molar-refractivity contribution in [2.45, 2.75) is 32.1 Å². The fraction of sp³-hybridized carbons (Fsp3) is 0.217. The number of benzene rings is 1. The van der Waals surface area contributed by atoms with Crippen molar-refractivity contribution in [3.8, 4) is 11.3 Å². The number of thioether (sulfide) groups is 1. The van der Waals surface area contributed by atoms with Gasteiger partial charge in [0.15, 0.2) is 5.16 Å². The lowest BCUT2D eigenvalue weighted by Gasteiger charge is -2.12. The maximum Gasteiger partial charge on any atom is 0.261 e. The molecule has 1 aliphatic rings. The van der Waals surface area contributed by atoms with Gasteiger partial charge in [-0.2, -0.15) is 0 Å². The summed E-state index contributed by atoms with van der Waals surface area (Å²) in [7, 11) is 0. The van der Waals surface area contributed by atoms with E-state index in [-0.39, 0.29) is 11.0 Å². The van der Waals surface area contributed by atoms with E-state index in [1.54, 1.807) is 30.1 Å². The molecular weight excluding hydrogens is 410 g/mol. The maximum absolute atomic E-state index is 13.0. The monoisotopic (exact) mass is 431 g/mol. The van der Waals surface area contributed by atoms with Crippen LogP contribution in [0.2, 0.25) is 0 Å². The lowest BCUT2D eigenvalue weighted by Crippen LogP contribution is -2.24. The van der Waals surface area contributed by atoms with Gasteiger partial charge in [-0.3, -0.25) is 9.59 Å². The Bertz CT molecular complexity index is 1370. The normalized spacial score (nSPS) is 12.8. The predicted octanol–water partition coefficient (Wildman–Crippen LogP) is 3.95. The lowest BCUT2D eigenvalue weighted by atomic mass is 10.1. The van der Waals surface area contributed by atoms with E-state index in [9.17, 15) is 9.59 Å². The molecule has 0 unspecified atom stereocenters. The second kappa shape index (κ2) is 7.70. The van der Waals surface area contributed by atoms with Crippen LogP contribution in [0.4, 0.5) is 5.69 Å². The molecule has 1 N–H and O–H groups in total. The van der Waals surface area contributed by atoms with Gasteiger partial charge in [-0.1, -0.05) is 23.9 Å². The van der Waals surface area contributed by atoms with E-state index in [4.69, 9.17) is 0 Å². The van der Waals surface area contributed by atoms with Crippen molar-refractivity contribution >= 4 is 34.4 Å². The van der Waals surface area contributed by atoms with Crippen LogP contribution in [0, 0.1) is 6.92 Å². The number of carbonyl (C=O) groups excluding carboxylic acids is 1. The number of hydrogen-bond acceptors (Lipinski definition) is 5. The molecule has 5 rings (SSSR count). The number of nitrogens with one attached hydrogen (secondary N) is 1. The van der Waals surface area contributed by atoms with Crippen LogP contribution in [0.15, 0.2) is 58.7 Å². The highest BCUT2D eigenvalue weighted by Crippen LogP contribution is 2.30. The number of hydrogen-bond donors (Lipinski definition) is 1. The van der Waals surface area contributed by atoms with Crippen LogP contribution in [0.25, 0.3) is 22.3 Å². The minimum Gasteiger partial charge on any atom is -0.332 e. The van der Waals surface area contributed by atoms with Crippen molar-refractivity contribution < 1.29 is 4.79 Å². The number of fused-ring (bicyclic) bond motifs is 2. The van der Waals surface area contributed by atoms with Crippen molar-refractivity contribution in [3.63, 3.8) is 0 Å². The van der Waals surface area contributed by atoms with Crippen LogP contribution < -0.4 is 10.7 Å². The van der Waals surface area contributed by atoms with Crippen LogP contribution in [-0.4, -0.2) is 30.8 Å². The third kappa shape index (κ3) is 3.53. The van der Waals surface area contributed by atoms with Crippen molar-refractivity contribution in [1.29, 1.82) is 0 Å². The van der Waals surface area contributed by atoms with E-state index >= 15 is 0 Å². The summed E-state index contributed by atoms with van der Waals surface area (Å²) in [6.07, 6.45) is 3.63. The number of pyridine rings is 2. The number of carbonyl (C=O) groups is 1. The van der Waals surface area contributed by atoms with Gasteiger partial charge in [0.1, 0.15) is 11.2 Å². The van der Waals surface area contributed by atoms with Crippen molar-refractivity contribution in [2.75, 3.05) is 11.1 Å². The smallest absolute Gasteiger partial charge is 0.261 e. The first-order valence-corrected chi connectivity index (χ1v) is 11.1. The first kappa shape index (κ1) is 19.6. The summed E-state index contributed by atoms with van der Waals surface area (Å²) in [5.74, 6) is 0.615. The summed E-state index contributed by atoms with van der Waals surface area (Å²) < 4.78 is 3.97. The quantitative estimate of drug-likeness (QED) is 0.529. The maximum atomic E-state index is 13.0. The highest BCUT2D eigenvalue weighted by atomic mass is 32.2. The number of imidazole rings is 1. The van der Waals surface area contributed by atoms with Crippen molar-refractivity contribution in [3.05, 3.63) is 70.3 Å². The number of rotatable bonds is 4. The average Bonchev–Trinajstić information content (AvgIpc) is 3.36. The molecule has 1 aromatic carbocycles. The summed E-state index contributed by atoms with van der Waals surface area (Å²) in [6, 6.07) is 11.1. The number of aromatic nitrogens is 4. The molecule has 1 amide bonds. The number of amides is 1. The largest absolute Gasteiger partial charge is 0.332 e. The molecule has 156 valence electrons. The Labute approximate surface area is 183 Å². The molecule has 0 saturated heterocycles. The summed E-state index contributed by atoms with van der Waals surface area (Å²) in [5.41, 5.74) is 3.62. The summed E-state index contributed by atoms with van der Waals surface area (Å²) in [4.78, 5) is 35.1. The fourth-order valence-corrected chi connectivity index (χ4v) is 4.71. The van der Waals surface area contributed by atoms with E-state index in [0.717, 1.165) is 34.4 Å². The molecule has 0 bridgehead atoms. The van der Waals surface area contributed by atoms with E-state index < -0.39 is 5.91 Å². The Morgan fingerprint density at radius 1 is 1.19 bits per heavy atom. The molecule has 0 atom stereocenters. The molecular formula is C23H21N5O2S. The van der Waals surface area contributed by atoms with Crippen LogP contribution in [0.3, 0.4) is 0 Å². The highest BCUT2D eigenvalue weighted by Gasteiger charge is 2.18. The third-order valence-electron chi connectivity index (χ3n) is 5.37. The number of nitrogens with zero attached hydrogens (tertiary/aromatic N) is 4. The molecule has 1 aliphatic heterocycles. The van der Waals surface area contributed by atoms with Crippen LogP contribution >= 0.6 is 11.8 Å². The number of anilines is 1. The highest BCUT2D eigenvalue weighted by molar-refractivity contribution is 7.99. The first-order valence-electron chi connectivity index (χ1n) is 10.2.